The molecule has 0 saturated heterocycles. The number of nitriles is 1. The standard InChI is InChI=1S/C21H21N3O2/c22-14-16-7-5-15(6-8-16)13-20(25)23-19-11-9-17(10-12-19)21(26)24-18-3-1-2-4-18/h5-12,18H,1-4,13H2,(H,23,25)(H,24,26). The molecule has 2 N–H and O–H groups in total. The first kappa shape index (κ1) is 17.7. The van der Waals surface area contributed by atoms with Gasteiger partial charge in [0.2, 0.25) is 5.91 Å². The van der Waals surface area contributed by atoms with Gasteiger partial charge in [0.05, 0.1) is 18.1 Å². The van der Waals surface area contributed by atoms with Gasteiger partial charge in [-0.05, 0) is 54.8 Å². The van der Waals surface area contributed by atoms with Crippen molar-refractivity contribution in [3.05, 3.63) is 65.2 Å². The number of amides is 2. The maximum Gasteiger partial charge on any atom is 0.251 e. The van der Waals surface area contributed by atoms with Crippen molar-refractivity contribution in [2.24, 2.45) is 0 Å². The van der Waals surface area contributed by atoms with Crippen LogP contribution in [0.4, 0.5) is 5.69 Å². The first-order chi connectivity index (χ1) is 12.6. The van der Waals surface area contributed by atoms with E-state index in [1.54, 1.807) is 48.5 Å². The molecule has 1 aliphatic carbocycles. The van der Waals surface area contributed by atoms with Gasteiger partial charge in [0.25, 0.3) is 5.91 Å². The molecule has 0 unspecified atom stereocenters. The molecule has 5 heteroatoms. The van der Waals surface area contributed by atoms with Gasteiger partial charge in [0, 0.05) is 17.3 Å². The van der Waals surface area contributed by atoms with Gasteiger partial charge in [-0.2, -0.15) is 5.26 Å². The van der Waals surface area contributed by atoms with Gasteiger partial charge in [0.1, 0.15) is 0 Å². The van der Waals surface area contributed by atoms with Crippen LogP contribution in [0.2, 0.25) is 0 Å². The van der Waals surface area contributed by atoms with Gasteiger partial charge in [-0.25, -0.2) is 0 Å². The Balaban J connectivity index is 1.53. The number of hydrogen-bond donors (Lipinski definition) is 2. The van der Waals surface area contributed by atoms with Crippen LogP contribution in [0.1, 0.15) is 47.2 Å². The lowest BCUT2D eigenvalue weighted by Crippen LogP contribution is -2.32. The first-order valence-electron chi connectivity index (χ1n) is 8.84. The Labute approximate surface area is 153 Å². The van der Waals surface area contributed by atoms with E-state index in [0.29, 0.717) is 16.8 Å². The number of hydrogen-bond acceptors (Lipinski definition) is 3. The highest BCUT2D eigenvalue weighted by molar-refractivity contribution is 5.96. The van der Waals surface area contributed by atoms with Crippen molar-refractivity contribution in [1.29, 1.82) is 5.26 Å². The summed E-state index contributed by atoms with van der Waals surface area (Å²) in [5.41, 5.74) is 2.66. The summed E-state index contributed by atoms with van der Waals surface area (Å²) in [5.74, 6) is -0.203. The summed E-state index contributed by atoms with van der Waals surface area (Å²) in [7, 11) is 0. The average molecular weight is 347 g/mol. The second kappa shape index (κ2) is 8.30. The molecule has 0 heterocycles. The van der Waals surface area contributed by atoms with Crippen molar-refractivity contribution in [1.82, 2.24) is 5.32 Å². The van der Waals surface area contributed by atoms with Crippen molar-refractivity contribution in [2.75, 3.05) is 5.32 Å². The topological polar surface area (TPSA) is 82.0 Å². The number of benzene rings is 2. The van der Waals surface area contributed by atoms with Crippen molar-refractivity contribution < 1.29 is 9.59 Å². The van der Waals surface area contributed by atoms with Crippen molar-refractivity contribution in [3.8, 4) is 6.07 Å². The average Bonchev–Trinajstić information content (AvgIpc) is 3.16. The Kier molecular flexibility index (Phi) is 5.65. The van der Waals surface area contributed by atoms with E-state index in [0.717, 1.165) is 18.4 Å². The quantitative estimate of drug-likeness (QED) is 0.869. The van der Waals surface area contributed by atoms with Gasteiger partial charge in [-0.15, -0.1) is 0 Å². The molecule has 2 aromatic rings. The van der Waals surface area contributed by atoms with Crippen LogP contribution in [0.3, 0.4) is 0 Å². The molecule has 0 bridgehead atoms. The summed E-state index contributed by atoms with van der Waals surface area (Å²) in [6, 6.07) is 16.2. The molecule has 5 nitrogen and oxygen atoms in total. The fourth-order valence-corrected chi connectivity index (χ4v) is 3.13. The van der Waals surface area contributed by atoms with Crippen LogP contribution < -0.4 is 10.6 Å². The number of nitrogens with zero attached hydrogens (tertiary/aromatic N) is 1. The molecule has 1 saturated carbocycles. The summed E-state index contributed by atoms with van der Waals surface area (Å²) < 4.78 is 0. The Morgan fingerprint density at radius 2 is 1.65 bits per heavy atom. The number of anilines is 1. The molecular formula is C21H21N3O2. The van der Waals surface area contributed by atoms with E-state index < -0.39 is 0 Å². The lowest BCUT2D eigenvalue weighted by atomic mass is 10.1. The number of nitrogens with one attached hydrogen (secondary N) is 2. The Bertz CT molecular complexity index is 814. The third kappa shape index (κ3) is 4.70. The number of carbonyl (C=O) groups excluding carboxylic acids is 2. The molecular weight excluding hydrogens is 326 g/mol. The first-order valence-corrected chi connectivity index (χ1v) is 8.84. The molecule has 1 aliphatic rings. The Hall–Kier alpha value is -3.13. The third-order valence-electron chi connectivity index (χ3n) is 4.57. The molecule has 0 aromatic heterocycles. The van der Waals surface area contributed by atoms with Gasteiger partial charge in [-0.1, -0.05) is 25.0 Å². The van der Waals surface area contributed by atoms with Gasteiger partial charge < -0.3 is 10.6 Å². The maximum atomic E-state index is 12.2. The van der Waals surface area contributed by atoms with E-state index in [1.807, 2.05) is 0 Å². The highest BCUT2D eigenvalue weighted by Crippen LogP contribution is 2.18. The van der Waals surface area contributed by atoms with Gasteiger partial charge in [0.15, 0.2) is 0 Å². The fraction of sp³-hybridized carbons (Fsp3) is 0.286. The van der Waals surface area contributed by atoms with Crippen molar-refractivity contribution in [2.45, 2.75) is 38.1 Å². The summed E-state index contributed by atoms with van der Waals surface area (Å²) in [6.45, 7) is 0. The summed E-state index contributed by atoms with van der Waals surface area (Å²) in [5, 5.41) is 14.7. The normalized spacial score (nSPS) is 13.8. The van der Waals surface area contributed by atoms with Crippen molar-refractivity contribution >= 4 is 17.5 Å². The van der Waals surface area contributed by atoms with E-state index in [1.165, 1.54) is 12.8 Å². The highest BCUT2D eigenvalue weighted by atomic mass is 16.2. The molecule has 2 aromatic carbocycles. The second-order valence-corrected chi connectivity index (χ2v) is 6.57. The lowest BCUT2D eigenvalue weighted by molar-refractivity contribution is -0.115. The van der Waals surface area contributed by atoms with Crippen LogP contribution in [0.25, 0.3) is 0 Å². The van der Waals surface area contributed by atoms with Crippen molar-refractivity contribution in [3.63, 3.8) is 0 Å². The molecule has 0 atom stereocenters. The Morgan fingerprint density at radius 3 is 2.27 bits per heavy atom. The highest BCUT2D eigenvalue weighted by Gasteiger charge is 2.17. The maximum absolute atomic E-state index is 12.2. The van der Waals surface area contributed by atoms with Crippen LogP contribution in [0, 0.1) is 11.3 Å². The minimum Gasteiger partial charge on any atom is -0.349 e. The summed E-state index contributed by atoms with van der Waals surface area (Å²) in [4.78, 5) is 24.3. The molecule has 1 fully saturated rings. The molecule has 26 heavy (non-hydrogen) atoms. The summed E-state index contributed by atoms with van der Waals surface area (Å²) in [6.07, 6.45) is 4.68. The van der Waals surface area contributed by atoms with E-state index in [2.05, 4.69) is 16.7 Å². The minimum atomic E-state index is -0.141. The van der Waals surface area contributed by atoms with Crippen LogP contribution >= 0.6 is 0 Å². The largest absolute Gasteiger partial charge is 0.349 e. The van der Waals surface area contributed by atoms with Crippen LogP contribution in [0.15, 0.2) is 48.5 Å². The number of rotatable bonds is 5. The predicted molar refractivity (Wildman–Crippen MR) is 99.7 cm³/mol. The predicted octanol–water partition coefficient (Wildman–Crippen LogP) is 3.41. The molecule has 3 rings (SSSR count). The molecule has 0 aliphatic heterocycles. The zero-order valence-electron chi connectivity index (χ0n) is 14.5. The third-order valence-corrected chi connectivity index (χ3v) is 4.57. The Morgan fingerprint density at radius 1 is 1.00 bits per heavy atom. The van der Waals surface area contributed by atoms with E-state index in [-0.39, 0.29) is 24.3 Å². The monoisotopic (exact) mass is 347 g/mol. The fourth-order valence-electron chi connectivity index (χ4n) is 3.13. The van der Waals surface area contributed by atoms with Crippen LogP contribution in [-0.4, -0.2) is 17.9 Å². The van der Waals surface area contributed by atoms with E-state index >= 15 is 0 Å². The zero-order chi connectivity index (χ0) is 18.4. The van der Waals surface area contributed by atoms with Crippen LogP contribution in [0.5, 0.6) is 0 Å². The van der Waals surface area contributed by atoms with E-state index in [9.17, 15) is 9.59 Å². The zero-order valence-corrected chi connectivity index (χ0v) is 14.5. The van der Waals surface area contributed by atoms with Crippen LogP contribution in [-0.2, 0) is 11.2 Å². The van der Waals surface area contributed by atoms with Gasteiger partial charge in [-0.3, -0.25) is 9.59 Å². The second-order valence-electron chi connectivity index (χ2n) is 6.57. The smallest absolute Gasteiger partial charge is 0.251 e. The lowest BCUT2D eigenvalue weighted by Gasteiger charge is -2.12. The van der Waals surface area contributed by atoms with E-state index in [4.69, 9.17) is 5.26 Å². The molecule has 0 spiro atoms. The number of carbonyl (C=O) groups is 2. The van der Waals surface area contributed by atoms with Gasteiger partial charge >= 0.3 is 0 Å². The molecule has 0 radical (unpaired) electrons. The molecule has 132 valence electrons. The minimum absolute atomic E-state index is 0.0626. The summed E-state index contributed by atoms with van der Waals surface area (Å²) >= 11 is 0. The SMILES string of the molecule is N#Cc1ccc(CC(=O)Nc2ccc(C(=O)NC3CCCC3)cc2)cc1. The molecule has 2 amide bonds.